The maximum atomic E-state index is 12.6. The molecule has 6 nitrogen and oxygen atoms in total. The molecule has 1 fully saturated rings. The third-order valence-corrected chi connectivity index (χ3v) is 6.09. The van der Waals surface area contributed by atoms with E-state index in [0.717, 1.165) is 42.4 Å². The minimum Gasteiger partial charge on any atom is -0.406 e. The summed E-state index contributed by atoms with van der Waals surface area (Å²) in [6.45, 7) is 0.598. The molecular weight excluding hydrogens is 514 g/mol. The van der Waals surface area contributed by atoms with Gasteiger partial charge in [0, 0.05) is 31.6 Å². The number of benzene rings is 2. The fourth-order valence-corrected chi connectivity index (χ4v) is 4.44. The normalized spacial score (nSPS) is 17.6. The lowest BCUT2D eigenvalue weighted by molar-refractivity contribution is -0.274. The zero-order chi connectivity index (χ0) is 24.1. The molecule has 11 heteroatoms. The lowest BCUT2D eigenvalue weighted by Crippen LogP contribution is -2.38. The molecule has 1 aliphatic rings. The fraction of sp³-hybridized carbons (Fsp3) is 0.440. The zero-order valence-electron chi connectivity index (χ0n) is 20.2. The number of aromatic nitrogens is 2. The monoisotopic (exact) mass is 545 g/mol. The van der Waals surface area contributed by atoms with Gasteiger partial charge in [-0.2, -0.15) is 4.98 Å². The highest BCUT2D eigenvalue weighted by Gasteiger charge is 2.32. The first-order valence-electron chi connectivity index (χ1n) is 11.6. The van der Waals surface area contributed by atoms with Gasteiger partial charge in [0.05, 0.1) is 5.52 Å². The van der Waals surface area contributed by atoms with E-state index >= 15 is 0 Å². The number of nitrogens with zero attached hydrogens (tertiary/aromatic N) is 3. The van der Waals surface area contributed by atoms with Crippen LogP contribution in [0.4, 0.5) is 24.9 Å². The number of para-hydroxylation sites is 2. The number of fused-ring (bicyclic) bond motifs is 1. The zero-order valence-corrected chi connectivity index (χ0v) is 21.8. The van der Waals surface area contributed by atoms with Crippen molar-refractivity contribution in [3.8, 4) is 5.75 Å². The average molecular weight is 546 g/mol. The first kappa shape index (κ1) is 29.7. The predicted molar refractivity (Wildman–Crippen MR) is 143 cm³/mol. The molecule has 0 amide bonds. The molecule has 1 heterocycles. The van der Waals surface area contributed by atoms with Crippen LogP contribution in [0.2, 0.25) is 0 Å². The van der Waals surface area contributed by atoms with Crippen molar-refractivity contribution < 1.29 is 17.9 Å². The Morgan fingerprint density at radius 2 is 1.56 bits per heavy atom. The molecule has 2 N–H and O–H groups in total. The van der Waals surface area contributed by atoms with Crippen LogP contribution in [0.3, 0.4) is 0 Å². The second-order valence-corrected chi connectivity index (χ2v) is 8.83. The first-order valence-corrected chi connectivity index (χ1v) is 11.6. The van der Waals surface area contributed by atoms with Crippen molar-refractivity contribution in [1.82, 2.24) is 15.3 Å². The van der Waals surface area contributed by atoms with E-state index in [1.54, 1.807) is 18.2 Å². The molecule has 1 saturated carbocycles. The van der Waals surface area contributed by atoms with Gasteiger partial charge < -0.3 is 20.3 Å². The van der Waals surface area contributed by atoms with Crippen LogP contribution in [-0.4, -0.2) is 49.1 Å². The molecule has 0 spiro atoms. The van der Waals surface area contributed by atoms with Crippen molar-refractivity contribution in [2.75, 3.05) is 30.9 Å². The SMILES string of the molecule is CN(C)c1nc(N[C@H]2CC[C@@H](NCCc3ccccc3OC(F)(F)F)CC2)nc2ccccc12.Cl.Cl. The third kappa shape index (κ3) is 8.01. The van der Waals surface area contributed by atoms with E-state index in [1.807, 2.05) is 43.3 Å². The second kappa shape index (κ2) is 13.2. The van der Waals surface area contributed by atoms with E-state index in [4.69, 9.17) is 9.97 Å². The lowest BCUT2D eigenvalue weighted by Gasteiger charge is -2.30. The van der Waals surface area contributed by atoms with Crippen LogP contribution in [-0.2, 0) is 6.42 Å². The van der Waals surface area contributed by atoms with E-state index < -0.39 is 6.36 Å². The summed E-state index contributed by atoms with van der Waals surface area (Å²) in [5, 5.41) is 8.01. The second-order valence-electron chi connectivity index (χ2n) is 8.83. The number of halogens is 5. The van der Waals surface area contributed by atoms with E-state index in [9.17, 15) is 13.2 Å². The van der Waals surface area contributed by atoms with Gasteiger partial charge in [0.15, 0.2) is 0 Å². The van der Waals surface area contributed by atoms with Gasteiger partial charge >= 0.3 is 6.36 Å². The van der Waals surface area contributed by atoms with Crippen molar-refractivity contribution in [3.63, 3.8) is 0 Å². The van der Waals surface area contributed by atoms with Gasteiger partial charge in [0.25, 0.3) is 0 Å². The van der Waals surface area contributed by atoms with Gasteiger partial charge in [-0.05, 0) is 62.4 Å². The number of nitrogens with one attached hydrogen (secondary N) is 2. The van der Waals surface area contributed by atoms with Crippen LogP contribution < -0.4 is 20.3 Å². The number of hydrogen-bond acceptors (Lipinski definition) is 6. The smallest absolute Gasteiger partial charge is 0.406 e. The van der Waals surface area contributed by atoms with Crippen LogP contribution in [0.5, 0.6) is 5.75 Å². The van der Waals surface area contributed by atoms with Gasteiger partial charge in [0.2, 0.25) is 5.95 Å². The molecule has 0 saturated heterocycles. The molecule has 198 valence electrons. The molecule has 0 radical (unpaired) electrons. The van der Waals surface area contributed by atoms with Crippen molar-refractivity contribution in [2.45, 2.75) is 50.6 Å². The molecule has 0 unspecified atom stereocenters. The Balaban J connectivity index is 0.00000228. The van der Waals surface area contributed by atoms with Crippen LogP contribution >= 0.6 is 24.8 Å². The summed E-state index contributed by atoms with van der Waals surface area (Å²) in [5.41, 5.74) is 1.46. The molecule has 3 aromatic rings. The Kier molecular flexibility index (Phi) is 10.9. The van der Waals surface area contributed by atoms with Crippen LogP contribution in [0, 0.1) is 0 Å². The van der Waals surface area contributed by atoms with Crippen molar-refractivity contribution in [1.29, 1.82) is 0 Å². The highest BCUT2D eigenvalue weighted by atomic mass is 35.5. The Bertz CT molecular complexity index is 1110. The molecule has 0 atom stereocenters. The fourth-order valence-electron chi connectivity index (χ4n) is 4.44. The molecule has 4 rings (SSSR count). The topological polar surface area (TPSA) is 62.3 Å². The minimum atomic E-state index is -4.68. The van der Waals surface area contributed by atoms with E-state index in [2.05, 4.69) is 15.4 Å². The number of anilines is 2. The van der Waals surface area contributed by atoms with Gasteiger partial charge in [0.1, 0.15) is 11.6 Å². The summed E-state index contributed by atoms with van der Waals surface area (Å²) in [7, 11) is 3.95. The summed E-state index contributed by atoms with van der Waals surface area (Å²) >= 11 is 0. The molecule has 2 aromatic carbocycles. The minimum absolute atomic E-state index is 0. The van der Waals surface area contributed by atoms with Gasteiger partial charge in [-0.15, -0.1) is 38.0 Å². The number of hydrogen-bond donors (Lipinski definition) is 2. The van der Waals surface area contributed by atoms with Crippen molar-refractivity contribution in [2.24, 2.45) is 0 Å². The Hall–Kier alpha value is -2.49. The summed E-state index contributed by atoms with van der Waals surface area (Å²) in [5.74, 6) is 1.40. The average Bonchev–Trinajstić information content (AvgIpc) is 2.80. The Morgan fingerprint density at radius 3 is 2.25 bits per heavy atom. The maximum Gasteiger partial charge on any atom is 0.573 e. The van der Waals surface area contributed by atoms with E-state index in [0.29, 0.717) is 30.5 Å². The van der Waals surface area contributed by atoms with E-state index in [-0.39, 0.29) is 36.6 Å². The number of ether oxygens (including phenoxy) is 1. The van der Waals surface area contributed by atoms with Crippen LogP contribution in [0.15, 0.2) is 48.5 Å². The quantitative estimate of drug-likeness (QED) is 0.362. The molecule has 0 bridgehead atoms. The van der Waals surface area contributed by atoms with Gasteiger partial charge in [-0.3, -0.25) is 0 Å². The summed E-state index contributed by atoms with van der Waals surface area (Å²) in [4.78, 5) is 11.4. The van der Waals surface area contributed by atoms with Crippen molar-refractivity contribution >= 4 is 47.5 Å². The number of rotatable bonds is 8. The predicted octanol–water partition coefficient (Wildman–Crippen LogP) is 5.99. The highest BCUT2D eigenvalue weighted by Crippen LogP contribution is 2.28. The van der Waals surface area contributed by atoms with Crippen molar-refractivity contribution in [3.05, 3.63) is 54.1 Å². The van der Waals surface area contributed by atoms with Crippen LogP contribution in [0.1, 0.15) is 31.2 Å². The van der Waals surface area contributed by atoms with Crippen LogP contribution in [0.25, 0.3) is 10.9 Å². The lowest BCUT2D eigenvalue weighted by atomic mass is 9.91. The van der Waals surface area contributed by atoms with E-state index in [1.165, 1.54) is 6.07 Å². The Morgan fingerprint density at radius 1 is 0.917 bits per heavy atom. The highest BCUT2D eigenvalue weighted by molar-refractivity contribution is 5.90. The number of alkyl halides is 3. The molecular formula is C25H32Cl2F3N5O. The van der Waals surface area contributed by atoms with Gasteiger partial charge in [-0.25, -0.2) is 4.98 Å². The molecule has 0 aliphatic heterocycles. The molecule has 36 heavy (non-hydrogen) atoms. The largest absolute Gasteiger partial charge is 0.573 e. The van der Waals surface area contributed by atoms with Gasteiger partial charge in [-0.1, -0.05) is 30.3 Å². The molecule has 1 aromatic heterocycles. The maximum absolute atomic E-state index is 12.6. The standard InChI is InChI=1S/C25H30F3N5O.2ClH/c1-33(2)23-20-8-4-5-9-21(20)31-24(32-23)30-19-13-11-18(12-14-19)29-16-15-17-7-3-6-10-22(17)34-25(26,27)28;;/h3-10,18-19,29H,11-16H2,1-2H3,(H,30,31,32);2*1H/t18-,19+;;. The summed E-state index contributed by atoms with van der Waals surface area (Å²) < 4.78 is 42.0. The summed E-state index contributed by atoms with van der Waals surface area (Å²) in [6.07, 6.45) is -0.309. The summed E-state index contributed by atoms with van der Waals surface area (Å²) in [6, 6.07) is 14.9. The molecule has 1 aliphatic carbocycles. The Labute approximate surface area is 221 Å². The first-order chi connectivity index (χ1) is 16.3. The third-order valence-electron chi connectivity index (χ3n) is 6.09.